The molecule has 9 atom stereocenters. The van der Waals surface area contributed by atoms with Crippen LogP contribution in [0.25, 0.3) is 0 Å². The van der Waals surface area contributed by atoms with E-state index < -0.39 is 37.3 Å². The zero-order chi connectivity index (χ0) is 33.5. The van der Waals surface area contributed by atoms with Crippen molar-refractivity contribution in [3.63, 3.8) is 0 Å². The highest BCUT2D eigenvalue weighted by Gasteiger charge is 2.45. The molecule has 268 valence electrons. The SMILES string of the molecule is C[C@@H](N)[C@H](O)CCCCCCCCC(=O)CCCCCCCCCCCCCC[C@@H](O[C@@H]1O[C@H](CO)C(O)C(O)C1O)[C@@H](C)N. The molecule has 3 unspecified atom stereocenters. The molecule has 0 aromatic heterocycles. The molecule has 0 bridgehead atoms. The Morgan fingerprint density at radius 3 is 1.49 bits per heavy atom. The highest BCUT2D eigenvalue weighted by Crippen LogP contribution is 2.25. The lowest BCUT2D eigenvalue weighted by Gasteiger charge is -2.41. The molecular formula is C35H70N2O8. The molecule has 1 aliphatic rings. The van der Waals surface area contributed by atoms with E-state index in [9.17, 15) is 30.3 Å². The van der Waals surface area contributed by atoms with Gasteiger partial charge in [0.05, 0.1) is 18.8 Å². The van der Waals surface area contributed by atoms with Crippen LogP contribution in [0.4, 0.5) is 0 Å². The Hall–Kier alpha value is -0.690. The van der Waals surface area contributed by atoms with Gasteiger partial charge in [0, 0.05) is 24.9 Å². The van der Waals surface area contributed by atoms with Crippen LogP contribution in [-0.4, -0.2) is 92.9 Å². The number of Topliss-reactive ketones (excluding diaryl/α,β-unsaturated/α-hetero) is 1. The molecule has 1 heterocycles. The van der Waals surface area contributed by atoms with Crippen LogP contribution in [0.5, 0.6) is 0 Å². The fourth-order valence-corrected chi connectivity index (χ4v) is 6.01. The summed E-state index contributed by atoms with van der Waals surface area (Å²) in [7, 11) is 0. The van der Waals surface area contributed by atoms with Crippen molar-refractivity contribution in [1.82, 2.24) is 0 Å². The monoisotopic (exact) mass is 647 g/mol. The van der Waals surface area contributed by atoms with E-state index in [4.69, 9.17) is 20.9 Å². The number of carbonyl (C=O) groups is 1. The maximum Gasteiger partial charge on any atom is 0.187 e. The van der Waals surface area contributed by atoms with E-state index in [0.717, 1.165) is 77.0 Å². The maximum absolute atomic E-state index is 12.1. The average molecular weight is 647 g/mol. The predicted molar refractivity (Wildman–Crippen MR) is 179 cm³/mol. The quantitative estimate of drug-likeness (QED) is 0.0575. The number of carbonyl (C=O) groups excluding carboxylic acids is 1. The van der Waals surface area contributed by atoms with Gasteiger partial charge in [-0.2, -0.15) is 0 Å². The smallest absolute Gasteiger partial charge is 0.187 e. The van der Waals surface area contributed by atoms with E-state index in [2.05, 4.69) is 0 Å². The Bertz CT molecular complexity index is 711. The Morgan fingerprint density at radius 1 is 0.644 bits per heavy atom. The van der Waals surface area contributed by atoms with Gasteiger partial charge < -0.3 is 46.5 Å². The second-order valence-corrected chi connectivity index (χ2v) is 13.6. The molecule has 0 aromatic rings. The summed E-state index contributed by atoms with van der Waals surface area (Å²) in [6.07, 6.45) is 16.5. The molecule has 0 amide bonds. The van der Waals surface area contributed by atoms with Gasteiger partial charge in [0.2, 0.25) is 0 Å². The topological polar surface area (TPSA) is 189 Å². The first-order valence-electron chi connectivity index (χ1n) is 18.2. The molecular weight excluding hydrogens is 576 g/mol. The second-order valence-electron chi connectivity index (χ2n) is 13.6. The van der Waals surface area contributed by atoms with Gasteiger partial charge in [0.1, 0.15) is 30.2 Å². The molecule has 1 saturated heterocycles. The number of nitrogens with two attached hydrogens (primary N) is 2. The van der Waals surface area contributed by atoms with Crippen LogP contribution in [-0.2, 0) is 14.3 Å². The second kappa shape index (κ2) is 26.3. The summed E-state index contributed by atoms with van der Waals surface area (Å²) < 4.78 is 11.3. The van der Waals surface area contributed by atoms with E-state index in [-0.39, 0.29) is 24.3 Å². The van der Waals surface area contributed by atoms with E-state index in [0.29, 0.717) is 12.2 Å². The Kier molecular flexibility index (Phi) is 24.7. The lowest BCUT2D eigenvalue weighted by molar-refractivity contribution is -0.312. The average Bonchev–Trinajstić information content (AvgIpc) is 3.01. The van der Waals surface area contributed by atoms with E-state index in [1.165, 1.54) is 57.8 Å². The van der Waals surface area contributed by atoms with Crippen molar-refractivity contribution in [3.8, 4) is 0 Å². The molecule has 1 rings (SSSR count). The number of rotatable bonds is 29. The summed E-state index contributed by atoms with van der Waals surface area (Å²) in [4.78, 5) is 12.1. The van der Waals surface area contributed by atoms with Gasteiger partial charge in [-0.05, 0) is 39.5 Å². The molecule has 45 heavy (non-hydrogen) atoms. The van der Waals surface area contributed by atoms with Crippen molar-refractivity contribution < 1.29 is 39.8 Å². The summed E-state index contributed by atoms with van der Waals surface area (Å²) in [5.74, 6) is 0.421. The molecule has 1 aliphatic heterocycles. The van der Waals surface area contributed by atoms with Crippen LogP contribution in [0.1, 0.15) is 155 Å². The van der Waals surface area contributed by atoms with Crippen LogP contribution in [0.2, 0.25) is 0 Å². The zero-order valence-corrected chi connectivity index (χ0v) is 28.6. The van der Waals surface area contributed by atoms with Crippen molar-refractivity contribution in [1.29, 1.82) is 0 Å². The van der Waals surface area contributed by atoms with Gasteiger partial charge in [-0.1, -0.05) is 103 Å². The minimum atomic E-state index is -1.45. The fraction of sp³-hybridized carbons (Fsp3) is 0.971. The van der Waals surface area contributed by atoms with Gasteiger partial charge in [-0.15, -0.1) is 0 Å². The molecule has 1 fully saturated rings. The van der Waals surface area contributed by atoms with Crippen molar-refractivity contribution in [2.24, 2.45) is 11.5 Å². The standard InChI is InChI=1S/C35H70N2O8/c1-26(36)29(40)23-19-15-12-11-14-18-22-28(39)21-17-13-9-7-5-3-4-6-8-10-16-20-24-30(27(2)37)44-35-34(43)33(42)32(41)31(25-38)45-35/h26-27,29-35,38,40-43H,3-25,36-37H2,1-2H3/t26-,27-,29-,30-,31-,32?,33?,34?,35-/m1/s1. The molecule has 0 aromatic carbocycles. The van der Waals surface area contributed by atoms with Gasteiger partial charge in [0.25, 0.3) is 0 Å². The molecule has 0 spiro atoms. The normalized spacial score (nSPS) is 24.8. The summed E-state index contributed by atoms with van der Waals surface area (Å²) >= 11 is 0. The van der Waals surface area contributed by atoms with Crippen molar-refractivity contribution in [2.45, 2.75) is 210 Å². The molecule has 0 aliphatic carbocycles. The third kappa shape index (κ3) is 19.7. The molecule has 10 heteroatoms. The zero-order valence-electron chi connectivity index (χ0n) is 28.6. The minimum Gasteiger partial charge on any atom is -0.394 e. The lowest BCUT2D eigenvalue weighted by atomic mass is 9.98. The summed E-state index contributed by atoms with van der Waals surface area (Å²) in [6, 6.07) is -0.437. The number of ether oxygens (including phenoxy) is 2. The van der Waals surface area contributed by atoms with Crippen LogP contribution in [0.3, 0.4) is 0 Å². The van der Waals surface area contributed by atoms with Crippen molar-refractivity contribution >= 4 is 5.78 Å². The highest BCUT2D eigenvalue weighted by molar-refractivity contribution is 5.78. The van der Waals surface area contributed by atoms with Gasteiger partial charge in [0.15, 0.2) is 6.29 Å². The number of hydrogen-bond donors (Lipinski definition) is 7. The highest BCUT2D eigenvalue weighted by atomic mass is 16.7. The van der Waals surface area contributed by atoms with Gasteiger partial charge in [-0.25, -0.2) is 0 Å². The Balaban J connectivity index is 1.92. The van der Waals surface area contributed by atoms with E-state index >= 15 is 0 Å². The molecule has 10 nitrogen and oxygen atoms in total. The number of hydrogen-bond acceptors (Lipinski definition) is 10. The first kappa shape index (κ1) is 42.3. The summed E-state index contributed by atoms with van der Waals surface area (Å²) in [5.41, 5.74) is 11.8. The van der Waals surface area contributed by atoms with Crippen LogP contribution in [0, 0.1) is 0 Å². The minimum absolute atomic E-state index is 0.148. The van der Waals surface area contributed by atoms with Crippen LogP contribution >= 0.6 is 0 Å². The summed E-state index contributed by atoms with van der Waals surface area (Å²) in [5, 5.41) is 49.2. The first-order chi connectivity index (χ1) is 21.6. The van der Waals surface area contributed by atoms with Crippen LogP contribution in [0.15, 0.2) is 0 Å². The third-order valence-electron chi connectivity index (χ3n) is 9.25. The summed E-state index contributed by atoms with van der Waals surface area (Å²) in [6.45, 7) is 3.20. The molecule has 0 saturated carbocycles. The maximum atomic E-state index is 12.1. The number of aliphatic hydroxyl groups excluding tert-OH is 5. The van der Waals surface area contributed by atoms with E-state index in [1.54, 1.807) is 0 Å². The lowest BCUT2D eigenvalue weighted by Crippen LogP contribution is -2.60. The fourth-order valence-electron chi connectivity index (χ4n) is 6.01. The van der Waals surface area contributed by atoms with Gasteiger partial charge >= 0.3 is 0 Å². The van der Waals surface area contributed by atoms with E-state index in [1.807, 2.05) is 13.8 Å². The number of aliphatic hydroxyl groups is 5. The Labute approximate surface area is 273 Å². The van der Waals surface area contributed by atoms with Crippen LogP contribution < -0.4 is 11.5 Å². The third-order valence-corrected chi connectivity index (χ3v) is 9.25. The Morgan fingerprint density at radius 2 is 1.07 bits per heavy atom. The predicted octanol–water partition coefficient (Wildman–Crippen LogP) is 4.38. The van der Waals surface area contributed by atoms with Crippen molar-refractivity contribution in [2.75, 3.05) is 6.61 Å². The molecule has 0 radical (unpaired) electrons. The number of ketones is 1. The largest absolute Gasteiger partial charge is 0.394 e. The molecule has 9 N–H and O–H groups in total. The van der Waals surface area contributed by atoms with Crippen molar-refractivity contribution in [3.05, 3.63) is 0 Å². The van der Waals surface area contributed by atoms with Gasteiger partial charge in [-0.3, -0.25) is 4.79 Å². The first-order valence-corrected chi connectivity index (χ1v) is 18.2. The number of unbranched alkanes of at least 4 members (excludes halogenated alkanes) is 16.